The van der Waals surface area contributed by atoms with Crippen molar-refractivity contribution in [2.45, 2.75) is 13.1 Å². The van der Waals surface area contributed by atoms with Gasteiger partial charge in [0.25, 0.3) is 16.8 Å². The lowest BCUT2D eigenvalue weighted by molar-refractivity contribution is 0.0946. The van der Waals surface area contributed by atoms with E-state index in [1.54, 1.807) is 0 Å². The summed E-state index contributed by atoms with van der Waals surface area (Å²) in [5.41, 5.74) is 3.98. The molecule has 2 aromatic heterocycles. The molecule has 0 saturated heterocycles. The minimum Gasteiger partial charge on any atom is -0.394 e. The van der Waals surface area contributed by atoms with Crippen LogP contribution in [0.1, 0.15) is 32.1 Å². The highest BCUT2D eigenvalue weighted by Gasteiger charge is 2.19. The minimum absolute atomic E-state index is 0.0229. The van der Waals surface area contributed by atoms with Gasteiger partial charge in [-0.05, 0) is 23.8 Å². The van der Waals surface area contributed by atoms with E-state index in [4.69, 9.17) is 5.73 Å². The van der Waals surface area contributed by atoms with Crippen molar-refractivity contribution in [2.24, 2.45) is 5.18 Å². The molecule has 4 rings (SSSR count). The molecule has 2 heterocycles. The Morgan fingerprint density at radius 1 is 1.15 bits per heavy atom. The van der Waals surface area contributed by atoms with Gasteiger partial charge >= 0.3 is 5.91 Å². The van der Waals surface area contributed by atoms with E-state index in [2.05, 4.69) is 25.8 Å². The Morgan fingerprint density at radius 3 is 2.67 bits per heavy atom. The van der Waals surface area contributed by atoms with Gasteiger partial charge in [0, 0.05) is 36.2 Å². The molecule has 0 atom stereocenters. The van der Waals surface area contributed by atoms with Gasteiger partial charge in [-0.3, -0.25) is 23.6 Å². The summed E-state index contributed by atoms with van der Waals surface area (Å²) in [4.78, 5) is 65.6. The zero-order valence-corrected chi connectivity index (χ0v) is 16.7. The van der Waals surface area contributed by atoms with Crippen LogP contribution in [0.15, 0.2) is 51.4 Å². The predicted octanol–water partition coefficient (Wildman–Crippen LogP) is 0.495. The molecule has 4 N–H and O–H groups in total. The van der Waals surface area contributed by atoms with Crippen LogP contribution < -0.4 is 27.2 Å². The molecule has 0 aliphatic rings. The number of halogens is 1. The maximum absolute atomic E-state index is 14.1. The number of nitrogens with zero attached hydrogens (tertiary/aromatic N) is 4. The van der Waals surface area contributed by atoms with E-state index in [0.717, 1.165) is 6.07 Å². The number of nitrogens with two attached hydrogens (primary N) is 1. The summed E-state index contributed by atoms with van der Waals surface area (Å²) in [6.45, 7) is -0.129. The lowest BCUT2D eigenvalue weighted by Crippen LogP contribution is -2.37. The van der Waals surface area contributed by atoms with Crippen molar-refractivity contribution in [3.05, 3.63) is 90.3 Å². The first-order valence-corrected chi connectivity index (χ1v) is 9.40. The van der Waals surface area contributed by atoms with Gasteiger partial charge in [-0.15, -0.1) is 4.91 Å². The van der Waals surface area contributed by atoms with E-state index >= 15 is 0 Å². The van der Waals surface area contributed by atoms with Crippen LogP contribution in [0.25, 0.3) is 5.78 Å². The molecule has 33 heavy (non-hydrogen) atoms. The predicted molar refractivity (Wildman–Crippen MR) is 114 cm³/mol. The second-order valence-corrected chi connectivity index (χ2v) is 6.93. The second-order valence-electron chi connectivity index (χ2n) is 6.93. The van der Waals surface area contributed by atoms with Gasteiger partial charge in [-0.25, -0.2) is 14.4 Å². The van der Waals surface area contributed by atoms with E-state index < -0.39 is 28.5 Å². The van der Waals surface area contributed by atoms with Crippen molar-refractivity contribution >= 4 is 29.0 Å². The van der Waals surface area contributed by atoms with E-state index in [1.165, 1.54) is 35.0 Å². The van der Waals surface area contributed by atoms with Gasteiger partial charge in [-0.1, -0.05) is 6.07 Å². The molecule has 13 heteroatoms. The Morgan fingerprint density at radius 2 is 1.94 bits per heavy atom. The number of aromatic nitrogens is 3. The van der Waals surface area contributed by atoms with Crippen LogP contribution >= 0.6 is 0 Å². The fourth-order valence-electron chi connectivity index (χ4n) is 3.15. The number of nitroso groups, excluding NO2 is 1. The van der Waals surface area contributed by atoms with Gasteiger partial charge in [0.05, 0.1) is 0 Å². The van der Waals surface area contributed by atoms with Crippen molar-refractivity contribution in [3.8, 4) is 0 Å². The first-order valence-electron chi connectivity index (χ1n) is 9.40. The molecule has 2 amide bonds. The number of imidazole rings is 1. The number of hydrogen-bond acceptors (Lipinski definition) is 9. The van der Waals surface area contributed by atoms with Crippen LogP contribution in [0.3, 0.4) is 0 Å². The summed E-state index contributed by atoms with van der Waals surface area (Å²) in [5.74, 6) is -2.29. The highest BCUT2D eigenvalue weighted by atomic mass is 19.1. The number of nitrogen functional groups attached to an aromatic ring is 1. The molecule has 0 bridgehead atoms. The van der Waals surface area contributed by atoms with Crippen LogP contribution in [0.2, 0.25) is 0 Å². The van der Waals surface area contributed by atoms with Crippen LogP contribution in [0.5, 0.6) is 0 Å². The number of amides is 2. The summed E-state index contributed by atoms with van der Waals surface area (Å²) in [6, 6.07) is 5.20. The maximum atomic E-state index is 14.1. The molecule has 0 unspecified atom stereocenters. The summed E-state index contributed by atoms with van der Waals surface area (Å²) in [6.07, 6.45) is 2.74. The Bertz CT molecular complexity index is 1500. The first kappa shape index (κ1) is 21.4. The monoisotopic (exact) mass is 451 g/mol. The number of nitrogens with one attached hydrogen (secondary N) is 2. The smallest absolute Gasteiger partial charge is 0.333 e. The van der Waals surface area contributed by atoms with E-state index in [1.807, 2.05) is 0 Å². The highest BCUT2D eigenvalue weighted by molar-refractivity contribution is 5.98. The largest absolute Gasteiger partial charge is 0.394 e. The quantitative estimate of drug-likeness (QED) is 0.266. The molecule has 4 aromatic rings. The van der Waals surface area contributed by atoms with Crippen LogP contribution in [-0.2, 0) is 13.1 Å². The number of carbonyl (C=O) groups excluding carboxylic acids is 2. The van der Waals surface area contributed by atoms with Gasteiger partial charge in [0.1, 0.15) is 28.6 Å². The fraction of sp³-hybridized carbons (Fsp3) is 0.100. The van der Waals surface area contributed by atoms with Gasteiger partial charge < -0.3 is 16.4 Å². The first-order chi connectivity index (χ1) is 15.8. The van der Waals surface area contributed by atoms with Crippen molar-refractivity contribution in [1.29, 1.82) is 0 Å². The normalized spacial score (nSPS) is 10.9. The molecule has 166 valence electrons. The van der Waals surface area contributed by atoms with Crippen LogP contribution in [0.4, 0.5) is 15.8 Å². The summed E-state index contributed by atoms with van der Waals surface area (Å²) in [7, 11) is 0. The van der Waals surface area contributed by atoms with Crippen molar-refractivity contribution < 1.29 is 14.0 Å². The van der Waals surface area contributed by atoms with Crippen molar-refractivity contribution in [3.63, 3.8) is 0 Å². The van der Waals surface area contributed by atoms with Crippen LogP contribution in [0, 0.1) is 10.7 Å². The third-order valence-corrected chi connectivity index (χ3v) is 4.88. The van der Waals surface area contributed by atoms with Crippen molar-refractivity contribution in [2.75, 3.05) is 11.1 Å². The average molecular weight is 451 g/mol. The molecule has 0 fully saturated rings. The summed E-state index contributed by atoms with van der Waals surface area (Å²) < 4.78 is 15.4. The second kappa shape index (κ2) is 8.37. The van der Waals surface area contributed by atoms with Crippen molar-refractivity contribution in [1.82, 2.24) is 19.7 Å². The van der Waals surface area contributed by atoms with Crippen LogP contribution in [-0.4, -0.2) is 26.2 Å². The zero-order chi connectivity index (χ0) is 23.7. The Balaban J connectivity index is 1.48. The number of carbonyl (C=O) groups is 2. The minimum atomic E-state index is -1.09. The Hall–Kier alpha value is -4.81. The summed E-state index contributed by atoms with van der Waals surface area (Å²) >= 11 is 0. The molecular formula is C20H14FN7O5. The van der Waals surface area contributed by atoms with E-state index in [9.17, 15) is 28.5 Å². The lowest BCUT2D eigenvalue weighted by Gasteiger charge is -2.12. The Labute approximate surface area is 182 Å². The number of hydrogen-bond donors (Lipinski definition) is 3. The van der Waals surface area contributed by atoms with Gasteiger partial charge in [0.2, 0.25) is 5.78 Å². The molecule has 12 nitrogen and oxygen atoms in total. The number of benzene rings is 1. The summed E-state index contributed by atoms with van der Waals surface area (Å²) in [5, 5.41) is 7.58. The highest BCUT2D eigenvalue weighted by Crippen LogP contribution is 2.16. The van der Waals surface area contributed by atoms with Gasteiger partial charge in [0.15, 0.2) is 0 Å². The number of anilines is 2. The Kier molecular flexibility index (Phi) is 5.44. The SMILES string of the molecule is Nc1c(NCc2cc(CNC(=O)c3cc(C(=O)N=O)n4ccnc4n3)ccc2F)c(=O)c1=O. The fourth-order valence-corrected chi connectivity index (χ4v) is 3.15. The molecule has 2 aromatic carbocycles. The third kappa shape index (κ3) is 3.94. The molecule has 0 aliphatic carbocycles. The standard InChI is InChI=1S/C20H14FN7O5/c21-11-2-1-9(5-10(11)8-24-15-14(22)16(29)17(15)30)7-25-18(31)12-6-13(19(32)27-33)28-4-3-23-20(28)26-12/h1-6,24H,7-8,22H2,(H,25,31). The molecular weight excluding hydrogens is 437 g/mol. The average Bonchev–Trinajstić information content (AvgIpc) is 3.31. The molecule has 0 saturated carbocycles. The topological polar surface area (TPSA) is 178 Å². The molecule has 0 radical (unpaired) electrons. The molecule has 0 spiro atoms. The third-order valence-electron chi connectivity index (χ3n) is 4.88. The molecule has 0 aliphatic heterocycles. The zero-order valence-electron chi connectivity index (χ0n) is 16.7. The maximum Gasteiger partial charge on any atom is 0.333 e. The lowest BCUT2D eigenvalue weighted by atomic mass is 10.1. The van der Waals surface area contributed by atoms with E-state index in [0.29, 0.717) is 5.56 Å². The van der Waals surface area contributed by atoms with E-state index in [-0.39, 0.29) is 47.2 Å². The number of fused-ring (bicyclic) bond motifs is 1. The van der Waals surface area contributed by atoms with Gasteiger partial charge in [-0.2, -0.15) is 0 Å². The number of rotatable bonds is 7.